The van der Waals surface area contributed by atoms with Gasteiger partial charge in [0.1, 0.15) is 5.69 Å². The zero-order chi connectivity index (χ0) is 26.4. The Hall–Kier alpha value is -2.72. The zero-order valence-corrected chi connectivity index (χ0v) is 22.7. The Bertz CT molecular complexity index is 1400. The number of amides is 1. The van der Waals surface area contributed by atoms with Gasteiger partial charge in [0.05, 0.1) is 10.5 Å². The summed E-state index contributed by atoms with van der Waals surface area (Å²) < 4.78 is 23.6. The van der Waals surface area contributed by atoms with Gasteiger partial charge in [0.15, 0.2) is 9.84 Å². The summed E-state index contributed by atoms with van der Waals surface area (Å²) >= 11 is 0. The Balaban J connectivity index is 1.03. The fourth-order valence-corrected chi connectivity index (χ4v) is 9.35. The number of aromatic nitrogens is 2. The fourth-order valence-electron chi connectivity index (χ4n) is 8.72. The van der Waals surface area contributed by atoms with Crippen molar-refractivity contribution in [2.45, 2.75) is 61.6 Å². The molecule has 9 nitrogen and oxygen atoms in total. The van der Waals surface area contributed by atoms with Gasteiger partial charge >= 0.3 is 0 Å². The molecule has 1 aromatic carbocycles. The molecular formula is C28H35N5O4S. The standard InChI is InChI=1S/C28H35N5O4S/c1-17-16-32(21-3-5-22(6-4-21)38(2,36)37)9-10-33(17)26-29-8-7-23(30-26)25(34)31-24-18-11-20-15-28(35)14-19(24)13-27(20,28)12-18/h3-8,17-20,24,35H,9-16H2,1-2H3,(H,31,34)/t17-,18?,19?,20?,24-,27?,28?/m1/s1. The van der Waals surface area contributed by atoms with Gasteiger partial charge in [0, 0.05) is 55.3 Å². The maximum absolute atomic E-state index is 13.4. The molecule has 1 spiro atoms. The Morgan fingerprint density at radius 2 is 1.84 bits per heavy atom. The van der Waals surface area contributed by atoms with E-state index in [2.05, 4.69) is 32.0 Å². The summed E-state index contributed by atoms with van der Waals surface area (Å²) in [5, 5.41) is 14.5. The minimum Gasteiger partial charge on any atom is -0.389 e. The van der Waals surface area contributed by atoms with E-state index in [-0.39, 0.29) is 23.4 Å². The van der Waals surface area contributed by atoms with Crippen molar-refractivity contribution in [3.8, 4) is 0 Å². The molecule has 0 radical (unpaired) electrons. The van der Waals surface area contributed by atoms with Crippen LogP contribution in [0.4, 0.5) is 11.6 Å². The lowest BCUT2D eigenvalue weighted by Gasteiger charge is -2.55. The third-order valence-corrected chi connectivity index (χ3v) is 11.6. The first-order valence-corrected chi connectivity index (χ1v) is 15.6. The second-order valence-corrected chi connectivity index (χ2v) is 14.5. The predicted octanol–water partition coefficient (Wildman–Crippen LogP) is 2.26. The Kier molecular flexibility index (Phi) is 5.21. The quantitative estimate of drug-likeness (QED) is 0.597. The number of rotatable bonds is 5. The van der Waals surface area contributed by atoms with Gasteiger partial charge in [-0.1, -0.05) is 0 Å². The molecule has 202 valence electrons. The highest BCUT2D eigenvalue weighted by molar-refractivity contribution is 7.90. The first kappa shape index (κ1) is 24.3. The third kappa shape index (κ3) is 3.52. The summed E-state index contributed by atoms with van der Waals surface area (Å²) in [6, 6.07) is 8.92. The topological polar surface area (TPSA) is 116 Å². The molecule has 5 fully saturated rings. The van der Waals surface area contributed by atoms with Crippen molar-refractivity contribution >= 4 is 27.4 Å². The molecule has 1 saturated heterocycles. The van der Waals surface area contributed by atoms with E-state index in [1.807, 2.05) is 12.1 Å². The number of hydrogen-bond donors (Lipinski definition) is 2. The summed E-state index contributed by atoms with van der Waals surface area (Å²) in [6.07, 6.45) is 7.86. The Labute approximate surface area is 223 Å². The number of fused-ring (bicyclic) bond motifs is 2. The molecule has 7 atom stereocenters. The van der Waals surface area contributed by atoms with Gasteiger partial charge in [0.25, 0.3) is 5.91 Å². The number of carbonyl (C=O) groups excluding carboxylic acids is 1. The molecule has 5 unspecified atom stereocenters. The van der Waals surface area contributed by atoms with E-state index in [0.29, 0.717) is 40.8 Å². The van der Waals surface area contributed by atoms with Gasteiger partial charge in [-0.05, 0) is 87.1 Å². The maximum atomic E-state index is 13.4. The van der Waals surface area contributed by atoms with Crippen LogP contribution in [0.3, 0.4) is 0 Å². The summed E-state index contributed by atoms with van der Waals surface area (Å²) in [6.45, 7) is 4.27. The maximum Gasteiger partial charge on any atom is 0.270 e. The number of anilines is 2. The van der Waals surface area contributed by atoms with Crippen molar-refractivity contribution in [2.24, 2.45) is 23.2 Å². The van der Waals surface area contributed by atoms with Gasteiger partial charge in [-0.15, -0.1) is 0 Å². The summed E-state index contributed by atoms with van der Waals surface area (Å²) in [5.74, 6) is 1.85. The van der Waals surface area contributed by atoms with E-state index < -0.39 is 15.4 Å². The molecule has 38 heavy (non-hydrogen) atoms. The molecule has 3 bridgehead atoms. The summed E-state index contributed by atoms with van der Waals surface area (Å²) in [5.41, 5.74) is 1.01. The van der Waals surface area contributed by atoms with Crippen molar-refractivity contribution < 1.29 is 18.3 Å². The van der Waals surface area contributed by atoms with Gasteiger partial charge in [-0.3, -0.25) is 4.79 Å². The van der Waals surface area contributed by atoms with Crippen LogP contribution in [0.25, 0.3) is 0 Å². The molecule has 7 rings (SSSR count). The van der Waals surface area contributed by atoms with Crippen molar-refractivity contribution in [1.29, 1.82) is 0 Å². The molecule has 1 amide bonds. The van der Waals surface area contributed by atoms with Crippen LogP contribution in [0.15, 0.2) is 41.4 Å². The van der Waals surface area contributed by atoms with Crippen LogP contribution in [0.2, 0.25) is 0 Å². The first-order chi connectivity index (χ1) is 18.1. The Morgan fingerprint density at radius 1 is 1.08 bits per heavy atom. The number of benzene rings is 1. The van der Waals surface area contributed by atoms with Gasteiger partial charge in [0.2, 0.25) is 5.95 Å². The SMILES string of the molecule is C[C@@H]1CN(c2ccc(S(C)(=O)=O)cc2)CCN1c1nccc(C(=O)N[C@@H]2C3CC4CC5(O)CC2CC45C3)n1. The van der Waals surface area contributed by atoms with Crippen LogP contribution in [-0.4, -0.2) is 73.0 Å². The number of aliphatic hydroxyl groups is 1. The molecule has 2 aromatic rings. The molecule has 4 aliphatic carbocycles. The highest BCUT2D eigenvalue weighted by Gasteiger charge is 2.76. The molecular weight excluding hydrogens is 502 g/mol. The van der Waals surface area contributed by atoms with Crippen LogP contribution in [0.5, 0.6) is 0 Å². The highest BCUT2D eigenvalue weighted by Crippen LogP contribution is 2.77. The van der Waals surface area contributed by atoms with Crippen molar-refractivity contribution in [1.82, 2.24) is 15.3 Å². The summed E-state index contributed by atoms with van der Waals surface area (Å²) in [4.78, 5) is 27.2. The van der Waals surface area contributed by atoms with Gasteiger partial charge in [-0.2, -0.15) is 0 Å². The third-order valence-electron chi connectivity index (χ3n) is 10.4. The molecule has 1 aliphatic heterocycles. The minimum atomic E-state index is -3.22. The normalized spacial score (nSPS) is 37.2. The van der Waals surface area contributed by atoms with E-state index in [1.54, 1.807) is 24.4 Å². The average Bonchev–Trinajstić information content (AvgIpc) is 3.25. The molecule has 2 heterocycles. The lowest BCUT2D eigenvalue weighted by atomic mass is 9.53. The number of carbonyl (C=O) groups is 1. The van der Waals surface area contributed by atoms with E-state index in [9.17, 15) is 18.3 Å². The highest BCUT2D eigenvalue weighted by atomic mass is 32.2. The molecule has 5 aliphatic rings. The van der Waals surface area contributed by atoms with Gasteiger partial charge < -0.3 is 20.2 Å². The van der Waals surface area contributed by atoms with Crippen LogP contribution < -0.4 is 15.1 Å². The van der Waals surface area contributed by atoms with Crippen LogP contribution in [0.1, 0.15) is 49.5 Å². The second-order valence-electron chi connectivity index (χ2n) is 12.5. The summed E-state index contributed by atoms with van der Waals surface area (Å²) in [7, 11) is -3.22. The van der Waals surface area contributed by atoms with E-state index in [0.717, 1.165) is 50.9 Å². The van der Waals surface area contributed by atoms with Crippen molar-refractivity contribution in [3.63, 3.8) is 0 Å². The lowest BCUT2D eigenvalue weighted by molar-refractivity contribution is -0.176. The van der Waals surface area contributed by atoms with E-state index in [4.69, 9.17) is 0 Å². The van der Waals surface area contributed by atoms with Crippen LogP contribution in [-0.2, 0) is 9.84 Å². The lowest BCUT2D eigenvalue weighted by Crippen LogP contribution is -2.57. The largest absolute Gasteiger partial charge is 0.389 e. The molecule has 4 saturated carbocycles. The number of nitrogens with zero attached hydrogens (tertiary/aromatic N) is 4. The fraction of sp³-hybridized carbons (Fsp3) is 0.607. The number of sulfone groups is 1. The van der Waals surface area contributed by atoms with Crippen molar-refractivity contribution in [2.75, 3.05) is 35.7 Å². The van der Waals surface area contributed by atoms with E-state index in [1.165, 1.54) is 6.26 Å². The molecule has 2 N–H and O–H groups in total. The van der Waals surface area contributed by atoms with Crippen LogP contribution in [0, 0.1) is 23.2 Å². The molecule has 10 heteroatoms. The van der Waals surface area contributed by atoms with Gasteiger partial charge in [-0.25, -0.2) is 18.4 Å². The molecule has 1 aromatic heterocycles. The average molecular weight is 538 g/mol. The first-order valence-electron chi connectivity index (χ1n) is 13.7. The number of hydrogen-bond acceptors (Lipinski definition) is 8. The minimum absolute atomic E-state index is 0.104. The second kappa shape index (κ2) is 8.14. The van der Waals surface area contributed by atoms with Crippen molar-refractivity contribution in [3.05, 3.63) is 42.2 Å². The zero-order valence-electron chi connectivity index (χ0n) is 21.9. The Morgan fingerprint density at radius 3 is 2.58 bits per heavy atom. The smallest absolute Gasteiger partial charge is 0.270 e. The monoisotopic (exact) mass is 537 g/mol. The van der Waals surface area contributed by atoms with E-state index >= 15 is 0 Å². The number of piperazine rings is 1. The van der Waals surface area contributed by atoms with Crippen LogP contribution >= 0.6 is 0 Å². The number of nitrogens with one attached hydrogen (secondary N) is 1. The predicted molar refractivity (Wildman–Crippen MR) is 143 cm³/mol.